The molecule has 2 aromatic rings. The van der Waals surface area contributed by atoms with E-state index in [0.717, 1.165) is 20.9 Å². The van der Waals surface area contributed by atoms with Crippen LogP contribution in [-0.2, 0) is 4.79 Å². The standard InChI is InChI=1S/C13H9BrN2O2/c14-13-11-3-2-10(16-8-17)7-9(11)1-4-12(13)18-6-5-15/h1-4,7-8H,6H2,(H,16,17). The molecule has 0 unspecified atom stereocenters. The minimum absolute atomic E-state index is 0.00882. The third-order valence-electron chi connectivity index (χ3n) is 2.44. The molecule has 0 saturated carbocycles. The number of halogens is 1. The Hall–Kier alpha value is -2.06. The first-order chi connectivity index (χ1) is 8.76. The van der Waals surface area contributed by atoms with Crippen LogP contribution in [0.4, 0.5) is 5.69 Å². The fraction of sp³-hybridized carbons (Fsp3) is 0.0769. The number of nitrogens with one attached hydrogen (secondary N) is 1. The Balaban J connectivity index is 2.45. The average molecular weight is 305 g/mol. The monoisotopic (exact) mass is 304 g/mol. The number of nitriles is 1. The van der Waals surface area contributed by atoms with Crippen molar-refractivity contribution in [2.75, 3.05) is 11.9 Å². The summed E-state index contributed by atoms with van der Waals surface area (Å²) >= 11 is 3.45. The molecule has 0 saturated heterocycles. The molecule has 0 fully saturated rings. The number of rotatable bonds is 4. The van der Waals surface area contributed by atoms with E-state index < -0.39 is 0 Å². The SMILES string of the molecule is N#CCOc1ccc2cc(NC=O)ccc2c1Br. The second kappa shape index (κ2) is 5.52. The fourth-order valence-corrected chi connectivity index (χ4v) is 2.26. The van der Waals surface area contributed by atoms with Gasteiger partial charge in [0, 0.05) is 5.69 Å². The maximum absolute atomic E-state index is 10.4. The molecule has 1 amide bonds. The van der Waals surface area contributed by atoms with Gasteiger partial charge in [0.1, 0.15) is 11.8 Å². The predicted octanol–water partition coefficient (Wildman–Crippen LogP) is 3.07. The van der Waals surface area contributed by atoms with Crippen molar-refractivity contribution in [3.8, 4) is 11.8 Å². The van der Waals surface area contributed by atoms with E-state index >= 15 is 0 Å². The normalized spacial score (nSPS) is 9.78. The summed E-state index contributed by atoms with van der Waals surface area (Å²) in [5.74, 6) is 0.625. The number of fused-ring (bicyclic) bond motifs is 1. The van der Waals surface area contributed by atoms with E-state index in [1.807, 2.05) is 24.3 Å². The van der Waals surface area contributed by atoms with Crippen molar-refractivity contribution in [3.05, 3.63) is 34.8 Å². The van der Waals surface area contributed by atoms with Crippen LogP contribution in [-0.4, -0.2) is 13.0 Å². The molecule has 0 radical (unpaired) electrons. The first-order valence-electron chi connectivity index (χ1n) is 5.18. The second-order valence-corrected chi connectivity index (χ2v) is 4.32. The number of amides is 1. The van der Waals surface area contributed by atoms with Crippen LogP contribution < -0.4 is 10.1 Å². The van der Waals surface area contributed by atoms with E-state index in [0.29, 0.717) is 12.2 Å². The van der Waals surface area contributed by atoms with E-state index in [1.165, 1.54) is 0 Å². The highest BCUT2D eigenvalue weighted by Gasteiger charge is 2.06. The van der Waals surface area contributed by atoms with Crippen LogP contribution in [0.15, 0.2) is 34.8 Å². The molecule has 2 rings (SSSR count). The number of benzene rings is 2. The molecule has 5 heteroatoms. The first-order valence-corrected chi connectivity index (χ1v) is 5.98. The first kappa shape index (κ1) is 12.4. The van der Waals surface area contributed by atoms with Gasteiger partial charge < -0.3 is 10.1 Å². The number of hydrogen-bond donors (Lipinski definition) is 1. The Labute approximate surface area is 112 Å². The van der Waals surface area contributed by atoms with Gasteiger partial charge in [-0.1, -0.05) is 12.1 Å². The van der Waals surface area contributed by atoms with E-state index in [9.17, 15) is 4.79 Å². The molecule has 0 aromatic heterocycles. The summed E-state index contributed by atoms with van der Waals surface area (Å²) in [6, 6.07) is 11.1. The summed E-state index contributed by atoms with van der Waals surface area (Å²) in [6.45, 7) is 0.00882. The predicted molar refractivity (Wildman–Crippen MR) is 72.4 cm³/mol. The number of nitrogens with zero attached hydrogens (tertiary/aromatic N) is 1. The second-order valence-electron chi connectivity index (χ2n) is 3.52. The molecule has 4 nitrogen and oxygen atoms in total. The third kappa shape index (κ3) is 2.44. The Morgan fingerprint density at radius 3 is 2.94 bits per heavy atom. The highest BCUT2D eigenvalue weighted by Crippen LogP contribution is 2.34. The number of ether oxygens (including phenoxy) is 1. The van der Waals surface area contributed by atoms with Crippen molar-refractivity contribution < 1.29 is 9.53 Å². The molecule has 2 aromatic carbocycles. The molecule has 0 spiro atoms. The molecule has 0 bridgehead atoms. The topological polar surface area (TPSA) is 62.1 Å². The summed E-state index contributed by atoms with van der Waals surface area (Å²) in [5, 5.41) is 13.0. The average Bonchev–Trinajstić information content (AvgIpc) is 2.38. The smallest absolute Gasteiger partial charge is 0.211 e. The van der Waals surface area contributed by atoms with Crippen LogP contribution in [0.25, 0.3) is 10.8 Å². The molecule has 1 N–H and O–H groups in total. The highest BCUT2D eigenvalue weighted by atomic mass is 79.9. The van der Waals surface area contributed by atoms with Crippen molar-refractivity contribution in [1.82, 2.24) is 0 Å². The van der Waals surface area contributed by atoms with Crippen molar-refractivity contribution in [3.63, 3.8) is 0 Å². The number of carbonyl (C=O) groups is 1. The molecule has 90 valence electrons. The molecule has 0 aliphatic rings. The van der Waals surface area contributed by atoms with Gasteiger partial charge >= 0.3 is 0 Å². The van der Waals surface area contributed by atoms with Gasteiger partial charge in [-0.15, -0.1) is 0 Å². The van der Waals surface area contributed by atoms with E-state index in [-0.39, 0.29) is 6.61 Å². The molecular formula is C13H9BrN2O2. The number of carbonyl (C=O) groups excluding carboxylic acids is 1. The lowest BCUT2D eigenvalue weighted by Gasteiger charge is -2.09. The van der Waals surface area contributed by atoms with E-state index in [4.69, 9.17) is 10.00 Å². The zero-order chi connectivity index (χ0) is 13.0. The van der Waals surface area contributed by atoms with Crippen molar-refractivity contribution in [2.24, 2.45) is 0 Å². The fourth-order valence-electron chi connectivity index (χ4n) is 1.65. The summed E-state index contributed by atoms with van der Waals surface area (Å²) < 4.78 is 6.09. The van der Waals surface area contributed by atoms with Crippen LogP contribution in [0.5, 0.6) is 5.75 Å². The molecule has 0 aliphatic heterocycles. The summed E-state index contributed by atoms with van der Waals surface area (Å²) in [5.41, 5.74) is 0.732. The summed E-state index contributed by atoms with van der Waals surface area (Å²) in [6.07, 6.45) is 0.639. The van der Waals surface area contributed by atoms with E-state index in [1.54, 1.807) is 12.1 Å². The van der Waals surface area contributed by atoms with Crippen molar-refractivity contribution >= 4 is 38.8 Å². The number of hydrogen-bond acceptors (Lipinski definition) is 3. The largest absolute Gasteiger partial charge is 0.478 e. The van der Waals surface area contributed by atoms with Gasteiger partial charge in [0.05, 0.1) is 4.47 Å². The Kier molecular flexibility index (Phi) is 3.80. The maximum Gasteiger partial charge on any atom is 0.211 e. The lowest BCUT2D eigenvalue weighted by molar-refractivity contribution is -0.105. The molecule has 18 heavy (non-hydrogen) atoms. The summed E-state index contributed by atoms with van der Waals surface area (Å²) in [7, 11) is 0. The minimum atomic E-state index is 0.00882. The lowest BCUT2D eigenvalue weighted by Crippen LogP contribution is -1.95. The number of anilines is 1. The van der Waals surface area contributed by atoms with Gasteiger partial charge in [0.25, 0.3) is 0 Å². The van der Waals surface area contributed by atoms with Crippen LogP contribution >= 0.6 is 15.9 Å². The van der Waals surface area contributed by atoms with Gasteiger partial charge in [-0.25, -0.2) is 0 Å². The highest BCUT2D eigenvalue weighted by molar-refractivity contribution is 9.10. The van der Waals surface area contributed by atoms with Gasteiger partial charge in [-0.05, 0) is 44.9 Å². The van der Waals surface area contributed by atoms with Crippen molar-refractivity contribution in [2.45, 2.75) is 0 Å². The molecule has 0 heterocycles. The van der Waals surface area contributed by atoms with Gasteiger partial charge in [-0.3, -0.25) is 4.79 Å². The maximum atomic E-state index is 10.4. The minimum Gasteiger partial charge on any atom is -0.478 e. The van der Waals surface area contributed by atoms with Crippen LogP contribution in [0.3, 0.4) is 0 Å². The zero-order valence-corrected chi connectivity index (χ0v) is 10.9. The molecule has 0 aliphatic carbocycles. The molecule has 0 atom stereocenters. The Morgan fingerprint density at radius 2 is 2.22 bits per heavy atom. The van der Waals surface area contributed by atoms with Gasteiger partial charge in [-0.2, -0.15) is 5.26 Å². The Morgan fingerprint density at radius 1 is 1.39 bits per heavy atom. The van der Waals surface area contributed by atoms with Gasteiger partial charge in [0.2, 0.25) is 6.41 Å². The molecular weight excluding hydrogens is 296 g/mol. The van der Waals surface area contributed by atoms with Gasteiger partial charge in [0.15, 0.2) is 6.61 Å². The van der Waals surface area contributed by atoms with Crippen molar-refractivity contribution in [1.29, 1.82) is 5.26 Å². The zero-order valence-electron chi connectivity index (χ0n) is 9.31. The lowest BCUT2D eigenvalue weighted by atomic mass is 10.1. The van der Waals surface area contributed by atoms with Crippen LogP contribution in [0.1, 0.15) is 0 Å². The van der Waals surface area contributed by atoms with E-state index in [2.05, 4.69) is 21.2 Å². The van der Waals surface area contributed by atoms with Crippen LogP contribution in [0.2, 0.25) is 0 Å². The summed E-state index contributed by atoms with van der Waals surface area (Å²) in [4.78, 5) is 10.4. The van der Waals surface area contributed by atoms with Crippen LogP contribution in [0, 0.1) is 11.3 Å². The Bertz CT molecular complexity index is 635. The third-order valence-corrected chi connectivity index (χ3v) is 3.25. The quantitative estimate of drug-likeness (QED) is 0.883.